The van der Waals surface area contributed by atoms with E-state index in [1.807, 2.05) is 0 Å². The molecule has 5 nitrogen and oxygen atoms in total. The van der Waals surface area contributed by atoms with Crippen molar-refractivity contribution in [1.82, 2.24) is 0 Å². The monoisotopic (exact) mass is 406 g/mol. The number of rotatable bonds is 5. The van der Waals surface area contributed by atoms with Crippen molar-refractivity contribution in [3.63, 3.8) is 0 Å². The van der Waals surface area contributed by atoms with Gasteiger partial charge in [-0.3, -0.25) is 9.10 Å². The predicted molar refractivity (Wildman–Crippen MR) is 98.7 cm³/mol. The van der Waals surface area contributed by atoms with Gasteiger partial charge in [0.05, 0.1) is 27.7 Å². The molecule has 0 atom stereocenters. The highest BCUT2D eigenvalue weighted by Gasteiger charge is 2.21. The minimum absolute atomic E-state index is 0.185. The number of carbonyl (C=O) groups excluding carboxylic acids is 1. The van der Waals surface area contributed by atoms with Gasteiger partial charge < -0.3 is 5.32 Å². The van der Waals surface area contributed by atoms with E-state index in [9.17, 15) is 13.2 Å². The Morgan fingerprint density at radius 3 is 2.29 bits per heavy atom. The lowest BCUT2D eigenvalue weighted by Crippen LogP contribution is -2.37. The first-order valence-corrected chi connectivity index (χ1v) is 9.64. The third-order valence-electron chi connectivity index (χ3n) is 3.03. The van der Waals surface area contributed by atoms with E-state index < -0.39 is 22.5 Å². The Balaban J connectivity index is 2.22. The molecule has 128 valence electrons. The Labute approximate surface area is 155 Å². The van der Waals surface area contributed by atoms with Gasteiger partial charge in [0, 0.05) is 5.02 Å². The molecule has 0 heterocycles. The molecule has 2 aromatic rings. The Hall–Kier alpha value is -1.47. The zero-order valence-electron chi connectivity index (χ0n) is 12.5. The molecule has 0 saturated carbocycles. The van der Waals surface area contributed by atoms with E-state index in [2.05, 4.69) is 5.32 Å². The summed E-state index contributed by atoms with van der Waals surface area (Å²) < 4.78 is 25.0. The maximum absolute atomic E-state index is 12.2. The first-order chi connectivity index (χ1) is 11.2. The molecule has 2 rings (SSSR count). The van der Waals surface area contributed by atoms with Crippen LogP contribution in [0.5, 0.6) is 0 Å². The number of halogens is 3. The molecule has 0 spiro atoms. The smallest absolute Gasteiger partial charge is 0.245 e. The first-order valence-electron chi connectivity index (χ1n) is 6.65. The fourth-order valence-corrected chi connectivity index (χ4v) is 3.26. The molecule has 0 radical (unpaired) electrons. The van der Waals surface area contributed by atoms with Crippen molar-refractivity contribution < 1.29 is 13.2 Å². The molecule has 9 heteroatoms. The number of nitrogens with one attached hydrogen (secondary N) is 1. The summed E-state index contributed by atoms with van der Waals surface area (Å²) in [5, 5.41) is 3.48. The van der Waals surface area contributed by atoms with Crippen LogP contribution in [0.1, 0.15) is 0 Å². The summed E-state index contributed by atoms with van der Waals surface area (Å²) >= 11 is 17.7. The van der Waals surface area contributed by atoms with E-state index >= 15 is 0 Å². The minimum atomic E-state index is -3.67. The third-order valence-corrected chi connectivity index (χ3v) is 5.24. The van der Waals surface area contributed by atoms with Crippen molar-refractivity contribution in [2.75, 3.05) is 22.4 Å². The molecule has 0 aliphatic heterocycles. The first kappa shape index (κ1) is 18.9. The van der Waals surface area contributed by atoms with E-state index in [0.717, 1.165) is 10.6 Å². The number of benzene rings is 2. The Kier molecular flexibility index (Phi) is 5.98. The summed E-state index contributed by atoms with van der Waals surface area (Å²) in [4.78, 5) is 12.2. The van der Waals surface area contributed by atoms with Crippen LogP contribution >= 0.6 is 34.8 Å². The van der Waals surface area contributed by atoms with Crippen LogP contribution in [0, 0.1) is 0 Å². The summed E-state index contributed by atoms with van der Waals surface area (Å²) in [6.07, 6.45) is 1.02. The summed E-state index contributed by atoms with van der Waals surface area (Å²) in [6.45, 7) is -0.413. The maximum Gasteiger partial charge on any atom is 0.245 e. The highest BCUT2D eigenvalue weighted by Crippen LogP contribution is 2.29. The fourth-order valence-electron chi connectivity index (χ4n) is 1.93. The maximum atomic E-state index is 12.2. The van der Waals surface area contributed by atoms with Crippen LogP contribution in [0.2, 0.25) is 15.1 Å². The number of anilines is 2. The molecular formula is C15H13Cl3N2O3S. The van der Waals surface area contributed by atoms with Crippen LogP contribution in [0.25, 0.3) is 0 Å². The van der Waals surface area contributed by atoms with E-state index in [1.165, 1.54) is 12.1 Å². The summed E-state index contributed by atoms with van der Waals surface area (Å²) in [6, 6.07) is 10.9. The van der Waals surface area contributed by atoms with E-state index in [0.29, 0.717) is 16.4 Å². The van der Waals surface area contributed by atoms with Gasteiger partial charge in [-0.15, -0.1) is 0 Å². The van der Waals surface area contributed by atoms with E-state index in [4.69, 9.17) is 34.8 Å². The summed E-state index contributed by atoms with van der Waals surface area (Å²) in [5.41, 5.74) is 0.632. The second kappa shape index (κ2) is 7.61. The largest absolute Gasteiger partial charge is 0.323 e. The van der Waals surface area contributed by atoms with Crippen LogP contribution in [0.15, 0.2) is 42.5 Å². The van der Waals surface area contributed by atoms with Gasteiger partial charge >= 0.3 is 0 Å². The molecule has 0 aliphatic carbocycles. The van der Waals surface area contributed by atoms with Gasteiger partial charge in [0.1, 0.15) is 6.54 Å². The van der Waals surface area contributed by atoms with Crippen LogP contribution in [0.3, 0.4) is 0 Å². The second-order valence-electron chi connectivity index (χ2n) is 4.90. The highest BCUT2D eigenvalue weighted by atomic mass is 35.5. The van der Waals surface area contributed by atoms with E-state index in [1.54, 1.807) is 30.3 Å². The average Bonchev–Trinajstić information content (AvgIpc) is 2.49. The molecule has 1 amide bonds. The number of nitrogens with zero attached hydrogens (tertiary/aromatic N) is 1. The number of sulfonamides is 1. The molecule has 0 saturated heterocycles. The fraction of sp³-hybridized carbons (Fsp3) is 0.133. The van der Waals surface area contributed by atoms with Gasteiger partial charge in [0.15, 0.2) is 0 Å². The Morgan fingerprint density at radius 2 is 1.71 bits per heavy atom. The van der Waals surface area contributed by atoms with Gasteiger partial charge in [-0.05, 0) is 36.4 Å². The standard InChI is InChI=1S/C15H13Cl3N2O3S/c1-24(22,23)20(11-7-5-10(16)6-8-11)9-14(21)19-13-4-2-3-12(17)15(13)18/h2-8H,9H2,1H3,(H,19,21). The molecule has 2 aromatic carbocycles. The van der Waals surface area contributed by atoms with Crippen molar-refractivity contribution in [1.29, 1.82) is 0 Å². The van der Waals surface area contributed by atoms with Crippen molar-refractivity contribution >= 4 is 62.1 Å². The topological polar surface area (TPSA) is 66.5 Å². The van der Waals surface area contributed by atoms with Crippen LogP contribution in [-0.4, -0.2) is 27.1 Å². The van der Waals surface area contributed by atoms with Crippen molar-refractivity contribution in [3.05, 3.63) is 57.5 Å². The van der Waals surface area contributed by atoms with Crippen LogP contribution in [-0.2, 0) is 14.8 Å². The number of hydrogen-bond donors (Lipinski definition) is 1. The molecule has 0 unspecified atom stereocenters. The van der Waals surface area contributed by atoms with Gasteiger partial charge in [0.25, 0.3) is 0 Å². The number of carbonyl (C=O) groups is 1. The van der Waals surface area contributed by atoms with Gasteiger partial charge in [0.2, 0.25) is 15.9 Å². The average molecular weight is 408 g/mol. The molecule has 1 N–H and O–H groups in total. The zero-order chi connectivity index (χ0) is 17.9. The molecule has 0 aliphatic rings. The lowest BCUT2D eigenvalue weighted by molar-refractivity contribution is -0.114. The molecule has 0 aromatic heterocycles. The number of hydrogen-bond acceptors (Lipinski definition) is 3. The summed E-state index contributed by atoms with van der Waals surface area (Å²) in [7, 11) is -3.67. The van der Waals surface area contributed by atoms with Crippen LogP contribution < -0.4 is 9.62 Å². The SMILES string of the molecule is CS(=O)(=O)N(CC(=O)Nc1cccc(Cl)c1Cl)c1ccc(Cl)cc1. The van der Waals surface area contributed by atoms with Crippen molar-refractivity contribution in [2.24, 2.45) is 0 Å². The lowest BCUT2D eigenvalue weighted by Gasteiger charge is -2.22. The van der Waals surface area contributed by atoms with Gasteiger partial charge in [-0.25, -0.2) is 8.42 Å². The van der Waals surface area contributed by atoms with Crippen LogP contribution in [0.4, 0.5) is 11.4 Å². The van der Waals surface area contributed by atoms with E-state index in [-0.39, 0.29) is 10.0 Å². The minimum Gasteiger partial charge on any atom is -0.323 e. The zero-order valence-corrected chi connectivity index (χ0v) is 15.5. The molecule has 0 bridgehead atoms. The number of amides is 1. The van der Waals surface area contributed by atoms with Crippen molar-refractivity contribution in [3.8, 4) is 0 Å². The Bertz CT molecular complexity index is 855. The third kappa shape index (κ3) is 4.77. The normalized spacial score (nSPS) is 11.2. The molecule has 24 heavy (non-hydrogen) atoms. The predicted octanol–water partition coefficient (Wildman–Crippen LogP) is 4.05. The quantitative estimate of drug-likeness (QED) is 0.813. The lowest BCUT2D eigenvalue weighted by atomic mass is 10.3. The molecular weight excluding hydrogens is 395 g/mol. The summed E-state index contributed by atoms with van der Waals surface area (Å²) in [5.74, 6) is -0.556. The van der Waals surface area contributed by atoms with Crippen molar-refractivity contribution in [2.45, 2.75) is 0 Å². The Morgan fingerprint density at radius 1 is 1.08 bits per heavy atom. The second-order valence-corrected chi connectivity index (χ2v) is 8.02. The molecule has 0 fully saturated rings. The highest BCUT2D eigenvalue weighted by molar-refractivity contribution is 7.92. The van der Waals surface area contributed by atoms with Gasteiger partial charge in [-0.1, -0.05) is 40.9 Å². The van der Waals surface area contributed by atoms with Gasteiger partial charge in [-0.2, -0.15) is 0 Å².